The van der Waals surface area contributed by atoms with Crippen LogP contribution in [0.2, 0.25) is 0 Å². The third-order valence-corrected chi connectivity index (χ3v) is 1.15. The minimum absolute atomic E-state index is 0.812. The average molecular weight is 147 g/mol. The number of methoxy groups -OCH3 is 1. The second-order valence-corrected chi connectivity index (χ2v) is 2.05. The van der Waals surface area contributed by atoms with Crippen LogP contribution >= 0.6 is 0 Å². The first-order chi connectivity index (χ1) is 4.91. The van der Waals surface area contributed by atoms with Crippen LogP contribution in [-0.4, -0.2) is 33.4 Å². The zero-order valence-corrected chi connectivity index (χ0v) is 6.52. The van der Waals surface area contributed by atoms with Gasteiger partial charge in [0.1, 0.15) is 0 Å². The molecule has 0 unspecified atom stereocenters. The molecule has 0 aliphatic heterocycles. The third kappa shape index (κ3) is 7.84. The van der Waals surface area contributed by atoms with Gasteiger partial charge >= 0.3 is 0 Å². The maximum absolute atomic E-state index is 5.05. The van der Waals surface area contributed by atoms with Crippen molar-refractivity contribution in [2.24, 2.45) is 5.84 Å². The highest BCUT2D eigenvalue weighted by atomic mass is 16.5. The summed E-state index contributed by atoms with van der Waals surface area (Å²) < 4.78 is 4.87. The van der Waals surface area contributed by atoms with E-state index in [1.807, 2.05) is 0 Å². The zero-order valence-electron chi connectivity index (χ0n) is 6.52. The number of ether oxygens (including phenoxy) is 1. The second-order valence-electron chi connectivity index (χ2n) is 2.05. The normalized spacial score (nSPS) is 10.2. The van der Waals surface area contributed by atoms with E-state index in [0.29, 0.717) is 0 Å². The van der Waals surface area contributed by atoms with Gasteiger partial charge in [-0.3, -0.25) is 11.3 Å². The van der Waals surface area contributed by atoms with E-state index in [-0.39, 0.29) is 0 Å². The van der Waals surface area contributed by atoms with Crippen molar-refractivity contribution in [3.8, 4) is 0 Å². The lowest BCUT2D eigenvalue weighted by atomic mass is 10.4. The molecule has 0 spiro atoms. The Bertz CT molecular complexity index is 53.0. The second kappa shape index (κ2) is 8.84. The van der Waals surface area contributed by atoms with E-state index in [9.17, 15) is 0 Å². The van der Waals surface area contributed by atoms with E-state index in [1.165, 1.54) is 0 Å². The Morgan fingerprint density at radius 1 is 1.30 bits per heavy atom. The minimum atomic E-state index is 0.812. The lowest BCUT2D eigenvalue weighted by Gasteiger charge is -2.02. The van der Waals surface area contributed by atoms with Crippen LogP contribution in [0.4, 0.5) is 0 Å². The standard InChI is InChI=1S/C6H17N3O/c1-10-6-2-3-8-4-5-9-7/h8-9H,2-7H2,1H3. The molecule has 0 amide bonds. The summed E-state index contributed by atoms with van der Waals surface area (Å²) in [6, 6.07) is 0. The number of hydrazine groups is 1. The van der Waals surface area contributed by atoms with Gasteiger partial charge in [0.25, 0.3) is 0 Å². The molecule has 0 aliphatic carbocycles. The number of rotatable bonds is 7. The third-order valence-electron chi connectivity index (χ3n) is 1.15. The van der Waals surface area contributed by atoms with Crippen molar-refractivity contribution in [2.45, 2.75) is 6.42 Å². The maximum atomic E-state index is 5.05. The van der Waals surface area contributed by atoms with E-state index in [4.69, 9.17) is 10.6 Å². The van der Waals surface area contributed by atoms with Crippen molar-refractivity contribution < 1.29 is 4.74 Å². The Hall–Kier alpha value is -0.160. The lowest BCUT2D eigenvalue weighted by Crippen LogP contribution is -2.32. The summed E-state index contributed by atoms with van der Waals surface area (Å²) in [5.74, 6) is 5.05. The Labute approximate surface area is 62.1 Å². The van der Waals surface area contributed by atoms with Gasteiger partial charge in [-0.25, -0.2) is 0 Å². The monoisotopic (exact) mass is 147 g/mol. The summed E-state index contributed by atoms with van der Waals surface area (Å²) in [4.78, 5) is 0. The van der Waals surface area contributed by atoms with Crippen LogP contribution < -0.4 is 16.6 Å². The van der Waals surface area contributed by atoms with E-state index in [2.05, 4.69) is 10.7 Å². The molecule has 0 fully saturated rings. The van der Waals surface area contributed by atoms with Crippen molar-refractivity contribution in [2.75, 3.05) is 33.4 Å². The molecule has 62 valence electrons. The van der Waals surface area contributed by atoms with Crippen LogP contribution in [0.1, 0.15) is 6.42 Å². The lowest BCUT2D eigenvalue weighted by molar-refractivity contribution is 0.194. The van der Waals surface area contributed by atoms with Crippen molar-refractivity contribution in [1.82, 2.24) is 10.7 Å². The fraction of sp³-hybridized carbons (Fsp3) is 1.00. The summed E-state index contributed by atoms with van der Waals surface area (Å²) >= 11 is 0. The molecule has 0 heterocycles. The molecule has 0 aromatic rings. The smallest absolute Gasteiger partial charge is 0.0474 e. The predicted octanol–water partition coefficient (Wildman–Crippen LogP) is -0.924. The summed E-state index contributed by atoms with van der Waals surface area (Å²) in [7, 11) is 1.71. The Kier molecular flexibility index (Phi) is 8.70. The summed E-state index contributed by atoms with van der Waals surface area (Å²) in [6.07, 6.45) is 1.06. The molecule has 0 saturated carbocycles. The fourth-order valence-electron chi connectivity index (χ4n) is 0.627. The van der Waals surface area contributed by atoms with Gasteiger partial charge in [-0.2, -0.15) is 0 Å². The van der Waals surface area contributed by atoms with E-state index in [0.717, 1.165) is 32.7 Å². The summed E-state index contributed by atoms with van der Waals surface area (Å²) in [6.45, 7) is 3.55. The van der Waals surface area contributed by atoms with Crippen LogP contribution in [0.15, 0.2) is 0 Å². The highest BCUT2D eigenvalue weighted by Crippen LogP contribution is 1.75. The first kappa shape index (κ1) is 9.84. The zero-order chi connectivity index (χ0) is 7.66. The summed E-state index contributed by atoms with van der Waals surface area (Å²) in [5.41, 5.74) is 2.56. The summed E-state index contributed by atoms with van der Waals surface area (Å²) in [5, 5.41) is 3.20. The highest BCUT2D eigenvalue weighted by Gasteiger charge is 1.85. The van der Waals surface area contributed by atoms with E-state index in [1.54, 1.807) is 7.11 Å². The quantitative estimate of drug-likeness (QED) is 0.247. The topological polar surface area (TPSA) is 59.3 Å². The number of nitrogens with two attached hydrogens (primary N) is 1. The maximum Gasteiger partial charge on any atom is 0.0474 e. The molecule has 4 N–H and O–H groups in total. The van der Waals surface area contributed by atoms with Crippen molar-refractivity contribution in [1.29, 1.82) is 0 Å². The molecule has 0 radical (unpaired) electrons. The van der Waals surface area contributed by atoms with Gasteiger partial charge in [0.2, 0.25) is 0 Å². The van der Waals surface area contributed by atoms with Gasteiger partial charge in [0, 0.05) is 26.8 Å². The van der Waals surface area contributed by atoms with Crippen LogP contribution in [0, 0.1) is 0 Å². The van der Waals surface area contributed by atoms with Gasteiger partial charge in [-0.15, -0.1) is 0 Å². The fourth-order valence-corrected chi connectivity index (χ4v) is 0.627. The average Bonchev–Trinajstić information content (AvgIpc) is 1.97. The van der Waals surface area contributed by atoms with Gasteiger partial charge in [-0.05, 0) is 13.0 Å². The Morgan fingerprint density at radius 2 is 2.10 bits per heavy atom. The molecular weight excluding hydrogens is 130 g/mol. The SMILES string of the molecule is COCCCNCCNN. The molecule has 0 aromatic heterocycles. The van der Waals surface area contributed by atoms with Gasteiger partial charge in [0.15, 0.2) is 0 Å². The molecule has 0 saturated heterocycles. The molecule has 0 aromatic carbocycles. The highest BCUT2D eigenvalue weighted by molar-refractivity contribution is 4.47. The van der Waals surface area contributed by atoms with Crippen molar-refractivity contribution >= 4 is 0 Å². The number of hydrogen-bond acceptors (Lipinski definition) is 4. The predicted molar refractivity (Wildman–Crippen MR) is 41.6 cm³/mol. The Balaban J connectivity index is 2.65. The van der Waals surface area contributed by atoms with Crippen LogP contribution in [0.5, 0.6) is 0 Å². The molecule has 0 rings (SSSR count). The van der Waals surface area contributed by atoms with Crippen LogP contribution in [0.25, 0.3) is 0 Å². The van der Waals surface area contributed by atoms with E-state index < -0.39 is 0 Å². The molecule has 4 nitrogen and oxygen atoms in total. The first-order valence-corrected chi connectivity index (χ1v) is 3.55. The number of nitrogens with one attached hydrogen (secondary N) is 2. The molecule has 0 bridgehead atoms. The molecular formula is C6H17N3O. The van der Waals surface area contributed by atoms with Crippen LogP contribution in [0.3, 0.4) is 0 Å². The Morgan fingerprint density at radius 3 is 2.70 bits per heavy atom. The van der Waals surface area contributed by atoms with E-state index >= 15 is 0 Å². The first-order valence-electron chi connectivity index (χ1n) is 3.55. The molecule has 0 aliphatic rings. The van der Waals surface area contributed by atoms with Crippen LogP contribution in [-0.2, 0) is 4.74 Å². The van der Waals surface area contributed by atoms with Crippen molar-refractivity contribution in [3.05, 3.63) is 0 Å². The molecule has 0 atom stereocenters. The van der Waals surface area contributed by atoms with Gasteiger partial charge in [0.05, 0.1) is 0 Å². The van der Waals surface area contributed by atoms with Gasteiger partial charge in [-0.1, -0.05) is 0 Å². The van der Waals surface area contributed by atoms with Gasteiger partial charge < -0.3 is 10.1 Å². The minimum Gasteiger partial charge on any atom is -0.385 e. The van der Waals surface area contributed by atoms with Crippen molar-refractivity contribution in [3.63, 3.8) is 0 Å². The number of hydrogen-bond donors (Lipinski definition) is 3. The largest absolute Gasteiger partial charge is 0.385 e. The molecule has 4 heteroatoms. The molecule has 10 heavy (non-hydrogen) atoms.